The molecule has 1 aromatic carbocycles. The zero-order valence-electron chi connectivity index (χ0n) is 16.0. The molecular weight excluding hydrogens is 350 g/mol. The summed E-state index contributed by atoms with van der Waals surface area (Å²) in [5.74, 6) is 2.61. The minimum Gasteiger partial charge on any atom is -0.493 e. The van der Waals surface area contributed by atoms with Gasteiger partial charge in [-0.25, -0.2) is 4.99 Å². The minimum atomic E-state index is 0.461. The largest absolute Gasteiger partial charge is 0.493 e. The maximum Gasteiger partial charge on any atom is 0.203 e. The normalized spacial score (nSPS) is 11.2. The average molecular weight is 378 g/mol. The summed E-state index contributed by atoms with van der Waals surface area (Å²) in [5.41, 5.74) is 0.925. The van der Waals surface area contributed by atoms with Crippen LogP contribution in [0.3, 0.4) is 0 Å². The van der Waals surface area contributed by atoms with E-state index in [1.165, 1.54) is 9.75 Å². The molecule has 0 amide bonds. The molecule has 0 aliphatic carbocycles. The molecule has 2 N–H and O–H groups in total. The second kappa shape index (κ2) is 9.91. The van der Waals surface area contributed by atoms with Gasteiger partial charge in [-0.3, -0.25) is 0 Å². The highest BCUT2D eigenvalue weighted by molar-refractivity contribution is 7.11. The molecule has 7 heteroatoms. The van der Waals surface area contributed by atoms with E-state index in [4.69, 9.17) is 14.2 Å². The number of nitrogens with zero attached hydrogens (tertiary/aromatic N) is 1. The van der Waals surface area contributed by atoms with Gasteiger partial charge in [0, 0.05) is 21.9 Å². The Balaban J connectivity index is 2.15. The zero-order valence-corrected chi connectivity index (χ0v) is 16.8. The van der Waals surface area contributed by atoms with E-state index >= 15 is 0 Å². The van der Waals surface area contributed by atoms with Crippen LogP contribution in [0.25, 0.3) is 0 Å². The monoisotopic (exact) mass is 377 g/mol. The first-order chi connectivity index (χ1) is 12.6. The summed E-state index contributed by atoms with van der Waals surface area (Å²) >= 11 is 1.78. The molecule has 26 heavy (non-hydrogen) atoms. The van der Waals surface area contributed by atoms with Gasteiger partial charge in [0.05, 0.1) is 34.4 Å². The molecule has 0 spiro atoms. The van der Waals surface area contributed by atoms with Crippen molar-refractivity contribution in [1.29, 1.82) is 0 Å². The third kappa shape index (κ3) is 5.05. The van der Waals surface area contributed by atoms with Crippen molar-refractivity contribution in [3.63, 3.8) is 0 Å². The highest BCUT2D eigenvalue weighted by atomic mass is 32.1. The first-order valence-corrected chi connectivity index (χ1v) is 9.29. The van der Waals surface area contributed by atoms with Crippen LogP contribution in [0.2, 0.25) is 0 Å². The van der Waals surface area contributed by atoms with Crippen molar-refractivity contribution < 1.29 is 14.2 Å². The molecule has 0 bridgehead atoms. The third-order valence-corrected chi connectivity index (χ3v) is 4.76. The van der Waals surface area contributed by atoms with Crippen LogP contribution in [0, 0.1) is 6.92 Å². The molecule has 0 saturated heterocycles. The van der Waals surface area contributed by atoms with E-state index in [2.05, 4.69) is 34.7 Å². The smallest absolute Gasteiger partial charge is 0.203 e. The zero-order chi connectivity index (χ0) is 18.9. The number of thiophene rings is 1. The standard InChI is InChI=1S/C19H27N3O3S/c1-6-20-19(22-12-15-9-7-13(2)26-15)21-11-14-8-10-16(23-3)18(25-5)17(14)24-4/h7-10H,6,11-12H2,1-5H3,(H2,20,21,22). The van der Waals surface area contributed by atoms with Crippen molar-refractivity contribution >= 4 is 17.3 Å². The first kappa shape index (κ1) is 19.9. The molecular formula is C19H27N3O3S. The molecule has 142 valence electrons. The number of hydrogen-bond acceptors (Lipinski definition) is 5. The molecule has 1 heterocycles. The second-order valence-electron chi connectivity index (χ2n) is 5.55. The third-order valence-electron chi connectivity index (χ3n) is 3.76. The predicted molar refractivity (Wildman–Crippen MR) is 107 cm³/mol. The summed E-state index contributed by atoms with van der Waals surface area (Å²) in [5, 5.41) is 6.63. The van der Waals surface area contributed by atoms with E-state index < -0.39 is 0 Å². The topological polar surface area (TPSA) is 64.1 Å². The van der Waals surface area contributed by atoms with Crippen molar-refractivity contribution in [2.24, 2.45) is 4.99 Å². The van der Waals surface area contributed by atoms with Gasteiger partial charge in [-0.05, 0) is 38.1 Å². The van der Waals surface area contributed by atoms with E-state index in [1.54, 1.807) is 32.7 Å². The summed E-state index contributed by atoms with van der Waals surface area (Å²) in [6.07, 6.45) is 0. The molecule has 1 aromatic heterocycles. The Hall–Kier alpha value is -2.41. The van der Waals surface area contributed by atoms with E-state index in [1.807, 2.05) is 19.1 Å². The van der Waals surface area contributed by atoms with Crippen LogP contribution >= 0.6 is 11.3 Å². The summed E-state index contributed by atoms with van der Waals surface area (Å²) in [6, 6.07) is 8.06. The van der Waals surface area contributed by atoms with E-state index in [-0.39, 0.29) is 0 Å². The van der Waals surface area contributed by atoms with E-state index in [9.17, 15) is 0 Å². The SMILES string of the molecule is CCNC(=NCc1ccc(OC)c(OC)c1OC)NCc1ccc(C)s1. The lowest BCUT2D eigenvalue weighted by Gasteiger charge is -2.15. The Morgan fingerprint density at radius 2 is 1.77 bits per heavy atom. The van der Waals surface area contributed by atoms with Crippen LogP contribution < -0.4 is 24.8 Å². The van der Waals surface area contributed by atoms with E-state index in [0.29, 0.717) is 23.8 Å². The number of guanidine groups is 1. The molecule has 0 fully saturated rings. The number of aryl methyl sites for hydroxylation is 1. The average Bonchev–Trinajstić information content (AvgIpc) is 3.08. The molecule has 2 aromatic rings. The van der Waals surface area contributed by atoms with Gasteiger partial charge >= 0.3 is 0 Å². The number of hydrogen-bond donors (Lipinski definition) is 2. The fraction of sp³-hybridized carbons (Fsp3) is 0.421. The number of aliphatic imine (C=N–C) groups is 1. The van der Waals surface area contributed by atoms with Gasteiger partial charge in [0.2, 0.25) is 5.75 Å². The summed E-state index contributed by atoms with van der Waals surface area (Å²) in [6.45, 7) is 6.15. The molecule has 0 radical (unpaired) electrons. The Bertz CT molecular complexity index is 744. The maximum absolute atomic E-state index is 5.52. The number of methoxy groups -OCH3 is 3. The highest BCUT2D eigenvalue weighted by Gasteiger charge is 2.15. The number of ether oxygens (including phenoxy) is 3. The van der Waals surface area contributed by atoms with Crippen LogP contribution in [-0.4, -0.2) is 33.8 Å². The van der Waals surface area contributed by atoms with Gasteiger partial charge in [0.25, 0.3) is 0 Å². The molecule has 0 aliphatic heterocycles. The molecule has 0 atom stereocenters. The maximum atomic E-state index is 5.52. The number of rotatable bonds is 8. The summed E-state index contributed by atoms with van der Waals surface area (Å²) < 4.78 is 16.3. The first-order valence-electron chi connectivity index (χ1n) is 8.48. The van der Waals surface area contributed by atoms with Crippen molar-refractivity contribution in [3.8, 4) is 17.2 Å². The van der Waals surface area contributed by atoms with Gasteiger partial charge in [-0.1, -0.05) is 0 Å². The minimum absolute atomic E-state index is 0.461. The molecule has 6 nitrogen and oxygen atoms in total. The predicted octanol–water partition coefficient (Wildman–Crippen LogP) is 3.34. The van der Waals surface area contributed by atoms with Gasteiger partial charge in [-0.15, -0.1) is 11.3 Å². The van der Waals surface area contributed by atoms with Crippen LogP contribution in [0.5, 0.6) is 17.2 Å². The Morgan fingerprint density at radius 1 is 1.00 bits per heavy atom. The Kier molecular flexibility index (Phi) is 7.59. The van der Waals surface area contributed by atoms with Crippen LogP contribution in [0.15, 0.2) is 29.3 Å². The van der Waals surface area contributed by atoms with Crippen molar-refractivity contribution in [3.05, 3.63) is 39.6 Å². The Labute approximate surface area is 159 Å². The van der Waals surface area contributed by atoms with Gasteiger partial charge in [-0.2, -0.15) is 0 Å². The van der Waals surface area contributed by atoms with Crippen LogP contribution in [-0.2, 0) is 13.1 Å². The fourth-order valence-electron chi connectivity index (χ4n) is 2.54. The summed E-state index contributed by atoms with van der Waals surface area (Å²) in [4.78, 5) is 7.25. The number of benzene rings is 1. The lowest BCUT2D eigenvalue weighted by atomic mass is 10.1. The quantitative estimate of drug-likeness (QED) is 0.546. The lowest BCUT2D eigenvalue weighted by Crippen LogP contribution is -2.36. The fourth-order valence-corrected chi connectivity index (χ4v) is 3.37. The van der Waals surface area contributed by atoms with Crippen molar-refractivity contribution in [2.45, 2.75) is 26.9 Å². The second-order valence-corrected chi connectivity index (χ2v) is 6.93. The van der Waals surface area contributed by atoms with Gasteiger partial charge < -0.3 is 24.8 Å². The lowest BCUT2D eigenvalue weighted by molar-refractivity contribution is 0.322. The van der Waals surface area contributed by atoms with Crippen LogP contribution in [0.1, 0.15) is 22.2 Å². The number of nitrogens with one attached hydrogen (secondary N) is 2. The molecule has 0 saturated carbocycles. The Morgan fingerprint density at radius 3 is 2.35 bits per heavy atom. The highest BCUT2D eigenvalue weighted by Crippen LogP contribution is 2.39. The van der Waals surface area contributed by atoms with Crippen molar-refractivity contribution in [2.75, 3.05) is 27.9 Å². The molecule has 0 unspecified atom stereocenters. The van der Waals surface area contributed by atoms with Gasteiger partial charge in [0.1, 0.15) is 0 Å². The molecule has 2 rings (SSSR count). The van der Waals surface area contributed by atoms with E-state index in [0.717, 1.165) is 24.6 Å². The molecule has 0 aliphatic rings. The van der Waals surface area contributed by atoms with Gasteiger partial charge in [0.15, 0.2) is 17.5 Å². The summed E-state index contributed by atoms with van der Waals surface area (Å²) in [7, 11) is 4.82. The van der Waals surface area contributed by atoms with Crippen molar-refractivity contribution in [1.82, 2.24) is 10.6 Å². The van der Waals surface area contributed by atoms with Crippen LogP contribution in [0.4, 0.5) is 0 Å².